The van der Waals surface area contributed by atoms with Crippen molar-refractivity contribution < 1.29 is 0 Å². The lowest BCUT2D eigenvalue weighted by Crippen LogP contribution is -2.43. The minimum absolute atomic E-state index is 0.828. The molecule has 0 spiro atoms. The molecular formula is C14H21ClN2. The Morgan fingerprint density at radius 2 is 1.76 bits per heavy atom. The first-order valence-electron chi connectivity index (χ1n) is 6.52. The molecule has 1 aliphatic heterocycles. The summed E-state index contributed by atoms with van der Waals surface area (Å²) in [6, 6.07) is 8.22. The van der Waals surface area contributed by atoms with Gasteiger partial charge in [0.1, 0.15) is 0 Å². The van der Waals surface area contributed by atoms with Crippen molar-refractivity contribution in [2.45, 2.75) is 19.3 Å². The molecule has 1 aromatic rings. The molecule has 1 fully saturated rings. The zero-order chi connectivity index (χ0) is 11.9. The molecule has 1 saturated heterocycles. The number of hydrogen-bond acceptors (Lipinski definition) is 2. The van der Waals surface area contributed by atoms with Crippen LogP contribution in [0.1, 0.15) is 18.4 Å². The van der Waals surface area contributed by atoms with Gasteiger partial charge in [-0.15, -0.1) is 0 Å². The molecule has 1 aliphatic rings. The number of nitrogens with one attached hydrogen (secondary N) is 1. The third-order valence-electron chi connectivity index (χ3n) is 3.31. The van der Waals surface area contributed by atoms with Gasteiger partial charge in [-0.3, -0.25) is 0 Å². The van der Waals surface area contributed by atoms with E-state index in [2.05, 4.69) is 22.3 Å². The van der Waals surface area contributed by atoms with Crippen LogP contribution in [-0.2, 0) is 6.42 Å². The summed E-state index contributed by atoms with van der Waals surface area (Å²) in [6.07, 6.45) is 3.73. The van der Waals surface area contributed by atoms with Gasteiger partial charge in [0.25, 0.3) is 0 Å². The van der Waals surface area contributed by atoms with Gasteiger partial charge >= 0.3 is 0 Å². The smallest absolute Gasteiger partial charge is 0.0406 e. The second-order valence-electron chi connectivity index (χ2n) is 4.68. The summed E-state index contributed by atoms with van der Waals surface area (Å²) in [6.45, 7) is 5.96. The van der Waals surface area contributed by atoms with Crippen molar-refractivity contribution >= 4 is 11.6 Å². The average molecular weight is 253 g/mol. The van der Waals surface area contributed by atoms with Crippen molar-refractivity contribution in [1.29, 1.82) is 0 Å². The number of nitrogens with zero attached hydrogens (tertiary/aromatic N) is 1. The first-order valence-corrected chi connectivity index (χ1v) is 6.90. The topological polar surface area (TPSA) is 15.3 Å². The van der Waals surface area contributed by atoms with Crippen molar-refractivity contribution in [3.05, 3.63) is 34.9 Å². The van der Waals surface area contributed by atoms with Gasteiger partial charge in [-0.05, 0) is 43.5 Å². The largest absolute Gasteiger partial charge is 0.314 e. The molecule has 0 aromatic heterocycles. The van der Waals surface area contributed by atoms with Crippen LogP contribution in [0.25, 0.3) is 0 Å². The Morgan fingerprint density at radius 3 is 2.47 bits per heavy atom. The third kappa shape index (κ3) is 4.66. The molecule has 1 heterocycles. The number of benzene rings is 1. The summed E-state index contributed by atoms with van der Waals surface area (Å²) in [5.41, 5.74) is 1.40. The molecule has 17 heavy (non-hydrogen) atoms. The number of halogens is 1. The Labute approximate surface area is 109 Å². The number of hydrogen-bond donors (Lipinski definition) is 1. The number of aryl methyl sites for hydroxylation is 1. The van der Waals surface area contributed by atoms with Crippen molar-refractivity contribution in [2.24, 2.45) is 0 Å². The highest BCUT2D eigenvalue weighted by Crippen LogP contribution is 2.11. The number of unbranched alkanes of at least 4 members (excludes halogenated alkanes) is 1. The van der Waals surface area contributed by atoms with E-state index < -0.39 is 0 Å². The molecule has 0 aliphatic carbocycles. The summed E-state index contributed by atoms with van der Waals surface area (Å²) in [5, 5.41) is 4.21. The summed E-state index contributed by atoms with van der Waals surface area (Å²) in [7, 11) is 0. The fraction of sp³-hybridized carbons (Fsp3) is 0.571. The van der Waals surface area contributed by atoms with E-state index in [9.17, 15) is 0 Å². The van der Waals surface area contributed by atoms with Gasteiger partial charge in [0.15, 0.2) is 0 Å². The first kappa shape index (κ1) is 12.9. The van der Waals surface area contributed by atoms with Crippen molar-refractivity contribution in [2.75, 3.05) is 32.7 Å². The Bertz CT molecular complexity index is 317. The predicted molar refractivity (Wildman–Crippen MR) is 73.7 cm³/mol. The van der Waals surface area contributed by atoms with Gasteiger partial charge in [0.05, 0.1) is 0 Å². The highest BCUT2D eigenvalue weighted by atomic mass is 35.5. The normalized spacial score (nSPS) is 17.2. The molecule has 2 nitrogen and oxygen atoms in total. The van der Waals surface area contributed by atoms with Crippen LogP contribution < -0.4 is 5.32 Å². The van der Waals surface area contributed by atoms with Gasteiger partial charge in [-0.2, -0.15) is 0 Å². The highest BCUT2D eigenvalue weighted by molar-refractivity contribution is 6.30. The zero-order valence-electron chi connectivity index (χ0n) is 10.3. The van der Waals surface area contributed by atoms with Gasteiger partial charge in [-0.1, -0.05) is 23.7 Å². The molecule has 0 unspecified atom stereocenters. The van der Waals surface area contributed by atoms with E-state index in [4.69, 9.17) is 11.6 Å². The molecule has 0 atom stereocenters. The lowest BCUT2D eigenvalue weighted by molar-refractivity contribution is 0.237. The summed E-state index contributed by atoms with van der Waals surface area (Å²) >= 11 is 5.86. The van der Waals surface area contributed by atoms with Crippen LogP contribution in [0, 0.1) is 0 Å². The van der Waals surface area contributed by atoms with Crippen molar-refractivity contribution in [3.8, 4) is 0 Å². The van der Waals surface area contributed by atoms with Crippen molar-refractivity contribution in [3.63, 3.8) is 0 Å². The van der Waals surface area contributed by atoms with Crippen LogP contribution in [0.2, 0.25) is 5.02 Å². The van der Waals surface area contributed by atoms with E-state index in [0.29, 0.717) is 0 Å². The van der Waals surface area contributed by atoms with Crippen LogP contribution in [0.5, 0.6) is 0 Å². The standard InChI is InChI=1S/C14H21ClN2/c15-14-6-4-13(5-7-14)3-1-2-10-17-11-8-16-9-12-17/h4-7,16H,1-3,8-12H2. The maximum atomic E-state index is 5.86. The predicted octanol–water partition coefficient (Wildman–Crippen LogP) is 2.57. The van der Waals surface area contributed by atoms with Gasteiger partial charge in [-0.25, -0.2) is 0 Å². The molecule has 94 valence electrons. The van der Waals surface area contributed by atoms with Gasteiger partial charge in [0.2, 0.25) is 0 Å². The SMILES string of the molecule is Clc1ccc(CCCCN2CCNCC2)cc1. The van der Waals surface area contributed by atoms with E-state index in [1.165, 1.54) is 44.5 Å². The van der Waals surface area contributed by atoms with Crippen LogP contribution in [0.15, 0.2) is 24.3 Å². The molecule has 1 N–H and O–H groups in total. The Hall–Kier alpha value is -0.570. The molecule has 0 radical (unpaired) electrons. The fourth-order valence-corrected chi connectivity index (χ4v) is 2.38. The number of piperazine rings is 1. The second kappa shape index (κ2) is 7.00. The van der Waals surface area contributed by atoms with Gasteiger partial charge < -0.3 is 10.2 Å². The molecule has 0 bridgehead atoms. The van der Waals surface area contributed by atoms with Gasteiger partial charge in [0, 0.05) is 31.2 Å². The number of rotatable bonds is 5. The van der Waals surface area contributed by atoms with E-state index >= 15 is 0 Å². The zero-order valence-corrected chi connectivity index (χ0v) is 11.0. The molecule has 3 heteroatoms. The second-order valence-corrected chi connectivity index (χ2v) is 5.11. The van der Waals surface area contributed by atoms with E-state index in [-0.39, 0.29) is 0 Å². The maximum Gasteiger partial charge on any atom is 0.0406 e. The molecule has 1 aromatic carbocycles. The Morgan fingerprint density at radius 1 is 1.06 bits per heavy atom. The lowest BCUT2D eigenvalue weighted by atomic mass is 10.1. The van der Waals surface area contributed by atoms with E-state index in [1.54, 1.807) is 0 Å². The molecule has 0 saturated carbocycles. The maximum absolute atomic E-state index is 5.86. The summed E-state index contributed by atoms with van der Waals surface area (Å²) in [4.78, 5) is 2.55. The van der Waals surface area contributed by atoms with Crippen molar-refractivity contribution in [1.82, 2.24) is 10.2 Å². The minimum atomic E-state index is 0.828. The summed E-state index contributed by atoms with van der Waals surface area (Å²) < 4.78 is 0. The summed E-state index contributed by atoms with van der Waals surface area (Å²) in [5.74, 6) is 0. The first-order chi connectivity index (χ1) is 8.34. The minimum Gasteiger partial charge on any atom is -0.314 e. The monoisotopic (exact) mass is 252 g/mol. The quantitative estimate of drug-likeness (QED) is 0.811. The fourth-order valence-electron chi connectivity index (χ4n) is 2.25. The molecule has 0 amide bonds. The molecule has 2 rings (SSSR count). The van der Waals surface area contributed by atoms with Crippen LogP contribution in [-0.4, -0.2) is 37.6 Å². The average Bonchev–Trinajstić information content (AvgIpc) is 2.38. The van der Waals surface area contributed by atoms with E-state index in [0.717, 1.165) is 18.1 Å². The van der Waals surface area contributed by atoms with Crippen LogP contribution in [0.4, 0.5) is 0 Å². The molecular weight excluding hydrogens is 232 g/mol. The van der Waals surface area contributed by atoms with Crippen LogP contribution in [0.3, 0.4) is 0 Å². The Balaban J connectivity index is 1.60. The third-order valence-corrected chi connectivity index (χ3v) is 3.56. The lowest BCUT2D eigenvalue weighted by Gasteiger charge is -2.27. The van der Waals surface area contributed by atoms with E-state index in [1.807, 2.05) is 12.1 Å². The Kier molecular flexibility index (Phi) is 5.30. The highest BCUT2D eigenvalue weighted by Gasteiger charge is 2.07. The van der Waals surface area contributed by atoms with Crippen LogP contribution >= 0.6 is 11.6 Å².